The molecule has 0 saturated carbocycles. The number of pyridine rings is 1. The van der Waals surface area contributed by atoms with Gasteiger partial charge in [-0.3, -0.25) is 14.9 Å². The van der Waals surface area contributed by atoms with E-state index in [1.807, 2.05) is 30.1 Å². The van der Waals surface area contributed by atoms with Gasteiger partial charge in [-0.1, -0.05) is 6.07 Å². The molecule has 96 valence electrons. The average Bonchev–Trinajstić information content (AvgIpc) is 2.69. The summed E-state index contributed by atoms with van der Waals surface area (Å²) in [4.78, 5) is 28.2. The molecule has 1 unspecified atom stereocenters. The van der Waals surface area contributed by atoms with Gasteiger partial charge >= 0.3 is 0 Å². The number of imide groups is 1. The van der Waals surface area contributed by atoms with Gasteiger partial charge < -0.3 is 9.64 Å². The van der Waals surface area contributed by atoms with E-state index < -0.39 is 5.44 Å². The van der Waals surface area contributed by atoms with Gasteiger partial charge in [-0.2, -0.15) is 0 Å². The highest BCUT2D eigenvalue weighted by Crippen LogP contribution is 2.19. The highest BCUT2D eigenvalue weighted by Gasteiger charge is 2.32. The van der Waals surface area contributed by atoms with Crippen molar-refractivity contribution in [2.75, 3.05) is 25.1 Å². The molecule has 2 rings (SSSR count). The van der Waals surface area contributed by atoms with E-state index in [2.05, 4.69) is 10.3 Å². The fraction of sp³-hybridized carbons (Fsp3) is 0.364. The number of carbonyl (C=O) groups is 2. The summed E-state index contributed by atoms with van der Waals surface area (Å²) in [6, 6.07) is 5.64. The predicted octanol–water partition coefficient (Wildman–Crippen LogP) is 0.843. The van der Waals surface area contributed by atoms with Crippen LogP contribution in [0.4, 0.5) is 10.6 Å². The van der Waals surface area contributed by atoms with E-state index in [9.17, 15) is 9.59 Å². The molecule has 7 heteroatoms. The fourth-order valence-electron chi connectivity index (χ4n) is 1.44. The number of likely N-dealkylation sites (N-methyl/N-ethyl adjacent to an activating group) is 1. The third-order valence-electron chi connectivity index (χ3n) is 2.39. The van der Waals surface area contributed by atoms with Crippen LogP contribution in [0.25, 0.3) is 0 Å². The first-order valence-electron chi connectivity index (χ1n) is 5.42. The first kappa shape index (κ1) is 12.8. The molecule has 1 aromatic heterocycles. The van der Waals surface area contributed by atoms with E-state index in [1.54, 1.807) is 6.20 Å². The number of ether oxygens (including phenoxy) is 1. The van der Waals surface area contributed by atoms with Crippen LogP contribution in [0.15, 0.2) is 24.4 Å². The standard InChI is InChI=1S/C11H13N3O3S/c1-14(8-4-2-3-5-12-8)6-7-17-10-9(15)13-11(16)18-10/h2-5,10H,6-7H2,1H3,(H,13,15,16). The monoisotopic (exact) mass is 267 g/mol. The summed E-state index contributed by atoms with van der Waals surface area (Å²) in [6.45, 7) is 0.945. The second-order valence-electron chi connectivity index (χ2n) is 3.71. The molecule has 1 N–H and O–H groups in total. The molecule has 18 heavy (non-hydrogen) atoms. The van der Waals surface area contributed by atoms with Crippen molar-refractivity contribution in [1.29, 1.82) is 0 Å². The number of amides is 2. The first-order valence-corrected chi connectivity index (χ1v) is 6.30. The first-order chi connectivity index (χ1) is 8.66. The number of anilines is 1. The molecule has 1 saturated heterocycles. The van der Waals surface area contributed by atoms with Crippen molar-refractivity contribution >= 4 is 28.7 Å². The maximum Gasteiger partial charge on any atom is 0.288 e. The van der Waals surface area contributed by atoms with Gasteiger partial charge in [-0.25, -0.2) is 4.98 Å². The maximum atomic E-state index is 11.2. The summed E-state index contributed by atoms with van der Waals surface area (Å²) in [5.41, 5.74) is -0.727. The van der Waals surface area contributed by atoms with Gasteiger partial charge in [0.2, 0.25) is 0 Å². The van der Waals surface area contributed by atoms with Crippen LogP contribution in [-0.4, -0.2) is 41.8 Å². The van der Waals surface area contributed by atoms with E-state index >= 15 is 0 Å². The predicted molar refractivity (Wildman–Crippen MR) is 68.4 cm³/mol. The zero-order valence-electron chi connectivity index (χ0n) is 9.83. The highest BCUT2D eigenvalue weighted by atomic mass is 32.2. The molecular formula is C11H13N3O3S. The molecule has 0 aromatic carbocycles. The summed E-state index contributed by atoms with van der Waals surface area (Å²) in [5, 5.41) is 1.81. The smallest absolute Gasteiger partial charge is 0.288 e. The van der Waals surface area contributed by atoms with Gasteiger partial charge in [0, 0.05) is 19.8 Å². The zero-order chi connectivity index (χ0) is 13.0. The SMILES string of the molecule is CN(CCOC1SC(=O)NC1=O)c1ccccn1. The van der Waals surface area contributed by atoms with Crippen molar-refractivity contribution in [2.45, 2.75) is 5.44 Å². The van der Waals surface area contributed by atoms with Crippen LogP contribution >= 0.6 is 11.8 Å². The minimum atomic E-state index is -0.727. The molecule has 1 aliphatic rings. The zero-order valence-corrected chi connectivity index (χ0v) is 10.6. The molecule has 0 spiro atoms. The van der Waals surface area contributed by atoms with Gasteiger partial charge in [0.05, 0.1) is 6.61 Å². The lowest BCUT2D eigenvalue weighted by Crippen LogP contribution is -2.29. The number of aromatic nitrogens is 1. The Morgan fingerprint density at radius 1 is 1.50 bits per heavy atom. The fourth-order valence-corrected chi connectivity index (χ4v) is 2.12. The molecular weight excluding hydrogens is 254 g/mol. The van der Waals surface area contributed by atoms with Crippen molar-refractivity contribution in [3.63, 3.8) is 0 Å². The molecule has 0 aliphatic carbocycles. The topological polar surface area (TPSA) is 71.5 Å². The third kappa shape index (κ3) is 3.21. The molecule has 1 atom stereocenters. The Balaban J connectivity index is 1.76. The lowest BCUT2D eigenvalue weighted by Gasteiger charge is -2.18. The number of hydrogen-bond acceptors (Lipinski definition) is 6. The Hall–Kier alpha value is -1.60. The van der Waals surface area contributed by atoms with E-state index in [4.69, 9.17) is 4.74 Å². The number of thioether (sulfide) groups is 1. The van der Waals surface area contributed by atoms with E-state index in [0.717, 1.165) is 17.6 Å². The molecule has 0 bridgehead atoms. The van der Waals surface area contributed by atoms with Gasteiger partial charge in [0.1, 0.15) is 5.82 Å². The quantitative estimate of drug-likeness (QED) is 0.852. The van der Waals surface area contributed by atoms with Crippen molar-refractivity contribution in [1.82, 2.24) is 10.3 Å². The van der Waals surface area contributed by atoms with Crippen LogP contribution in [0.3, 0.4) is 0 Å². The summed E-state index contributed by atoms with van der Waals surface area (Å²) in [5.74, 6) is 0.450. The second-order valence-corrected chi connectivity index (χ2v) is 4.74. The summed E-state index contributed by atoms with van der Waals surface area (Å²) < 4.78 is 5.34. The Labute approximate surface area is 109 Å². The summed E-state index contributed by atoms with van der Waals surface area (Å²) in [6.07, 6.45) is 1.71. The van der Waals surface area contributed by atoms with Crippen LogP contribution in [0.5, 0.6) is 0 Å². The van der Waals surface area contributed by atoms with Crippen molar-refractivity contribution < 1.29 is 14.3 Å². The van der Waals surface area contributed by atoms with Crippen molar-refractivity contribution in [2.24, 2.45) is 0 Å². The summed E-state index contributed by atoms with van der Waals surface area (Å²) >= 11 is 0.865. The lowest BCUT2D eigenvalue weighted by atomic mass is 10.4. The van der Waals surface area contributed by atoms with Crippen LogP contribution in [-0.2, 0) is 9.53 Å². The van der Waals surface area contributed by atoms with E-state index in [-0.39, 0.29) is 11.1 Å². The van der Waals surface area contributed by atoms with Gasteiger partial charge in [-0.05, 0) is 23.9 Å². The van der Waals surface area contributed by atoms with Crippen LogP contribution in [0.1, 0.15) is 0 Å². The lowest BCUT2D eigenvalue weighted by molar-refractivity contribution is -0.125. The van der Waals surface area contributed by atoms with Gasteiger partial charge in [-0.15, -0.1) is 0 Å². The highest BCUT2D eigenvalue weighted by molar-refractivity contribution is 8.15. The number of nitrogens with one attached hydrogen (secondary N) is 1. The number of rotatable bonds is 5. The van der Waals surface area contributed by atoms with Crippen LogP contribution in [0, 0.1) is 0 Å². The number of hydrogen-bond donors (Lipinski definition) is 1. The van der Waals surface area contributed by atoms with Crippen LogP contribution < -0.4 is 10.2 Å². The van der Waals surface area contributed by atoms with E-state index in [1.165, 1.54) is 0 Å². The molecule has 2 heterocycles. The molecule has 1 fully saturated rings. The average molecular weight is 267 g/mol. The van der Waals surface area contributed by atoms with Gasteiger partial charge in [0.15, 0.2) is 5.44 Å². The maximum absolute atomic E-state index is 11.2. The molecule has 6 nitrogen and oxygen atoms in total. The van der Waals surface area contributed by atoms with Crippen molar-refractivity contribution in [3.05, 3.63) is 24.4 Å². The Morgan fingerprint density at radius 2 is 2.33 bits per heavy atom. The normalized spacial score (nSPS) is 18.8. The Bertz CT molecular complexity index is 440. The molecule has 0 radical (unpaired) electrons. The Morgan fingerprint density at radius 3 is 2.94 bits per heavy atom. The van der Waals surface area contributed by atoms with Crippen molar-refractivity contribution in [3.8, 4) is 0 Å². The Kier molecular flexibility index (Phi) is 4.16. The third-order valence-corrected chi connectivity index (χ3v) is 3.27. The van der Waals surface area contributed by atoms with E-state index in [0.29, 0.717) is 13.2 Å². The number of nitrogens with zero attached hydrogens (tertiary/aromatic N) is 2. The number of carbonyl (C=O) groups excluding carboxylic acids is 2. The molecule has 1 aromatic rings. The molecule has 2 amide bonds. The summed E-state index contributed by atoms with van der Waals surface area (Å²) in [7, 11) is 1.89. The van der Waals surface area contributed by atoms with Gasteiger partial charge in [0.25, 0.3) is 11.1 Å². The molecule has 1 aliphatic heterocycles. The van der Waals surface area contributed by atoms with Crippen LogP contribution in [0.2, 0.25) is 0 Å². The minimum absolute atomic E-state index is 0.353. The second kappa shape index (κ2) is 5.83. The largest absolute Gasteiger partial charge is 0.357 e. The minimum Gasteiger partial charge on any atom is -0.357 e.